The third kappa shape index (κ3) is 28.2. The molecule has 322 valence electrons. The molecule has 0 aromatic carbocycles. The van der Waals surface area contributed by atoms with Crippen molar-refractivity contribution < 1.29 is 56.8 Å². The predicted molar refractivity (Wildman–Crippen MR) is 215 cm³/mol. The van der Waals surface area contributed by atoms with E-state index >= 15 is 0 Å². The number of aliphatic hydroxyl groups excluding tert-OH is 3. The molecule has 1 fully saturated rings. The number of carbonyl (C=O) groups is 2. The van der Waals surface area contributed by atoms with Gasteiger partial charge in [-0.2, -0.15) is 8.42 Å². The lowest BCUT2D eigenvalue weighted by molar-refractivity contribution is -0.297. The maximum absolute atomic E-state index is 12.7. The first kappa shape index (κ1) is 51.1. The molecule has 0 bridgehead atoms. The van der Waals surface area contributed by atoms with Crippen molar-refractivity contribution in [2.45, 2.75) is 211 Å². The molecule has 0 aromatic heterocycles. The van der Waals surface area contributed by atoms with Crippen LogP contribution in [-0.4, -0.2) is 96.0 Å². The van der Waals surface area contributed by atoms with Crippen molar-refractivity contribution in [3.8, 4) is 0 Å². The molecule has 1 aliphatic rings. The normalized spacial score (nSPS) is 21.0. The molecule has 1 rings (SSSR count). The van der Waals surface area contributed by atoms with Gasteiger partial charge in [0.25, 0.3) is 10.1 Å². The van der Waals surface area contributed by atoms with E-state index in [2.05, 4.69) is 32.1 Å². The van der Waals surface area contributed by atoms with Crippen molar-refractivity contribution in [3.05, 3.63) is 24.3 Å². The minimum Gasteiger partial charge on any atom is -0.462 e. The number of unbranched alkanes of at least 4 members (excludes halogenated alkanes) is 19. The summed E-state index contributed by atoms with van der Waals surface area (Å²) >= 11 is 0. The molecule has 0 saturated carbocycles. The van der Waals surface area contributed by atoms with E-state index in [0.29, 0.717) is 12.8 Å². The number of carbonyl (C=O) groups excluding carboxylic acids is 2. The Kier molecular flexibility index (Phi) is 30.8. The highest BCUT2D eigenvalue weighted by Crippen LogP contribution is 2.24. The summed E-state index contributed by atoms with van der Waals surface area (Å²) in [5.41, 5.74) is 0. The first-order valence-electron chi connectivity index (χ1n) is 21.4. The second-order valence-electron chi connectivity index (χ2n) is 15.0. The van der Waals surface area contributed by atoms with Crippen molar-refractivity contribution in [3.63, 3.8) is 0 Å². The SMILES string of the molecule is CCCCC/C=C/CCCCCCCC(=O)OC[C@H](CO[C@H]1O[C@H](CS(=O)(=O)O)[C@@H](O)C(O)C1O)OC(=O)CC/C=C/CCCCCCCCCCCCC. The molecule has 6 atom stereocenters. The predicted octanol–water partition coefficient (Wildman–Crippen LogP) is 8.06. The monoisotopic (exact) mass is 805 g/mol. The Morgan fingerprint density at radius 3 is 1.62 bits per heavy atom. The molecule has 1 aliphatic heterocycles. The summed E-state index contributed by atoms with van der Waals surface area (Å²) in [4.78, 5) is 25.3. The van der Waals surface area contributed by atoms with Crippen molar-refractivity contribution in [2.24, 2.45) is 0 Å². The zero-order valence-corrected chi connectivity index (χ0v) is 34.9. The van der Waals surface area contributed by atoms with Gasteiger partial charge in [-0.25, -0.2) is 0 Å². The topological polar surface area (TPSA) is 186 Å². The van der Waals surface area contributed by atoms with Gasteiger partial charge in [0.1, 0.15) is 36.8 Å². The van der Waals surface area contributed by atoms with Gasteiger partial charge in [-0.1, -0.05) is 134 Å². The molecule has 0 aromatic rings. The molecular formula is C42H76O12S. The summed E-state index contributed by atoms with van der Waals surface area (Å²) in [7, 11) is -4.60. The smallest absolute Gasteiger partial charge is 0.306 e. The Hall–Kier alpha value is -1.87. The number of hydrogen-bond acceptors (Lipinski definition) is 11. The van der Waals surface area contributed by atoms with Crippen LogP contribution in [0.3, 0.4) is 0 Å². The summed E-state index contributed by atoms with van der Waals surface area (Å²) in [5, 5.41) is 30.8. The Bertz CT molecular complexity index is 1130. The van der Waals surface area contributed by atoms with Gasteiger partial charge in [-0.05, 0) is 51.4 Å². The first-order chi connectivity index (χ1) is 26.5. The van der Waals surface area contributed by atoms with Gasteiger partial charge < -0.3 is 34.3 Å². The molecule has 0 radical (unpaired) electrons. The van der Waals surface area contributed by atoms with Gasteiger partial charge in [0.15, 0.2) is 12.4 Å². The van der Waals surface area contributed by atoms with Gasteiger partial charge in [0.05, 0.1) is 6.61 Å². The molecule has 2 unspecified atom stereocenters. The largest absolute Gasteiger partial charge is 0.462 e. The van der Waals surface area contributed by atoms with E-state index in [1.807, 2.05) is 6.08 Å². The van der Waals surface area contributed by atoms with Gasteiger partial charge in [0.2, 0.25) is 0 Å². The highest BCUT2D eigenvalue weighted by atomic mass is 32.2. The molecule has 0 amide bonds. The molecule has 1 saturated heterocycles. The molecule has 1 heterocycles. The standard InChI is InChI=1S/C42H76O12S/c1-3-5-7-9-11-13-15-17-18-19-21-23-25-27-29-31-38(44)53-35(33-52-42-41(47)40(46)39(45)36(54-42)34-55(48,49)50)32-51-37(43)30-28-26-24-22-20-16-14-12-10-8-6-4-2/h12,14,25,27,35-36,39-42,45-47H,3-11,13,15-24,26,28-34H2,1-2H3,(H,48,49,50)/b14-12+,27-25+/t35-,36-,39-,40?,41?,42+/m1/s1. The highest BCUT2D eigenvalue weighted by molar-refractivity contribution is 7.85. The van der Waals surface area contributed by atoms with Crippen LogP contribution in [0.25, 0.3) is 0 Å². The quantitative estimate of drug-likeness (QED) is 0.0209. The molecule has 12 nitrogen and oxygen atoms in total. The summed E-state index contributed by atoms with van der Waals surface area (Å²) in [6.07, 6.45) is 25.3. The molecule has 0 aliphatic carbocycles. The van der Waals surface area contributed by atoms with Crippen LogP contribution in [0.4, 0.5) is 0 Å². The molecular weight excluding hydrogens is 729 g/mol. The minimum absolute atomic E-state index is 0.0811. The Balaban J connectivity index is 2.50. The highest BCUT2D eigenvalue weighted by Gasteiger charge is 2.46. The van der Waals surface area contributed by atoms with Crippen LogP contribution in [0.15, 0.2) is 24.3 Å². The van der Waals surface area contributed by atoms with Gasteiger partial charge in [-0.3, -0.25) is 14.1 Å². The van der Waals surface area contributed by atoms with Crippen molar-refractivity contribution >= 4 is 22.1 Å². The minimum atomic E-state index is -4.60. The molecule has 4 N–H and O–H groups in total. The van der Waals surface area contributed by atoms with Gasteiger partial charge >= 0.3 is 11.9 Å². The number of rotatable bonds is 35. The average molecular weight is 805 g/mol. The van der Waals surface area contributed by atoms with Crippen LogP contribution in [-0.2, 0) is 38.7 Å². The number of esters is 2. The van der Waals surface area contributed by atoms with E-state index in [1.54, 1.807) is 0 Å². The number of hydrogen-bond donors (Lipinski definition) is 4. The number of ether oxygens (including phenoxy) is 4. The second-order valence-corrected chi connectivity index (χ2v) is 16.5. The second kappa shape index (κ2) is 33.1. The fraction of sp³-hybridized carbons (Fsp3) is 0.857. The van der Waals surface area contributed by atoms with Crippen LogP contribution < -0.4 is 0 Å². The average Bonchev–Trinajstić information content (AvgIpc) is 3.14. The van der Waals surface area contributed by atoms with E-state index in [-0.39, 0.29) is 19.4 Å². The summed E-state index contributed by atoms with van der Waals surface area (Å²) in [5.74, 6) is -2.05. The summed E-state index contributed by atoms with van der Waals surface area (Å²) in [6.45, 7) is 3.68. The third-order valence-corrected chi connectivity index (χ3v) is 10.5. The summed E-state index contributed by atoms with van der Waals surface area (Å²) < 4.78 is 53.9. The van der Waals surface area contributed by atoms with Crippen molar-refractivity contribution in [1.82, 2.24) is 0 Å². The lowest BCUT2D eigenvalue weighted by Crippen LogP contribution is -2.60. The Labute approximate surface area is 332 Å². The van der Waals surface area contributed by atoms with E-state index in [1.165, 1.54) is 83.5 Å². The van der Waals surface area contributed by atoms with Crippen LogP contribution >= 0.6 is 0 Å². The van der Waals surface area contributed by atoms with E-state index < -0.39 is 71.2 Å². The maximum atomic E-state index is 12.7. The maximum Gasteiger partial charge on any atom is 0.306 e. The lowest BCUT2D eigenvalue weighted by Gasteiger charge is -2.40. The van der Waals surface area contributed by atoms with E-state index in [0.717, 1.165) is 51.4 Å². The van der Waals surface area contributed by atoms with Crippen LogP contribution in [0.2, 0.25) is 0 Å². The zero-order valence-electron chi connectivity index (χ0n) is 34.0. The van der Waals surface area contributed by atoms with E-state index in [9.17, 15) is 37.9 Å². The third-order valence-electron chi connectivity index (χ3n) is 9.77. The molecule has 13 heteroatoms. The van der Waals surface area contributed by atoms with Gasteiger partial charge in [0, 0.05) is 12.8 Å². The fourth-order valence-corrected chi connectivity index (χ4v) is 7.08. The Morgan fingerprint density at radius 1 is 0.600 bits per heavy atom. The van der Waals surface area contributed by atoms with E-state index in [4.69, 9.17) is 18.9 Å². The number of aliphatic hydroxyl groups is 3. The van der Waals surface area contributed by atoms with Crippen LogP contribution in [0.1, 0.15) is 174 Å². The number of allylic oxidation sites excluding steroid dienone is 4. The molecule has 55 heavy (non-hydrogen) atoms. The fourth-order valence-electron chi connectivity index (χ4n) is 6.39. The lowest BCUT2D eigenvalue weighted by atomic mass is 10.00. The Morgan fingerprint density at radius 2 is 1.07 bits per heavy atom. The summed E-state index contributed by atoms with van der Waals surface area (Å²) in [6, 6.07) is 0. The molecule has 0 spiro atoms. The van der Waals surface area contributed by atoms with Crippen molar-refractivity contribution in [1.29, 1.82) is 0 Å². The van der Waals surface area contributed by atoms with Gasteiger partial charge in [-0.15, -0.1) is 0 Å². The van der Waals surface area contributed by atoms with Crippen LogP contribution in [0, 0.1) is 0 Å². The zero-order chi connectivity index (χ0) is 40.6. The van der Waals surface area contributed by atoms with Crippen LogP contribution in [0.5, 0.6) is 0 Å². The first-order valence-corrected chi connectivity index (χ1v) is 23.0. The van der Waals surface area contributed by atoms with Crippen molar-refractivity contribution in [2.75, 3.05) is 19.0 Å².